The van der Waals surface area contributed by atoms with Crippen molar-refractivity contribution in [1.82, 2.24) is 5.32 Å². The summed E-state index contributed by atoms with van der Waals surface area (Å²) in [5, 5.41) is 12.0. The number of hydrogen-bond donors (Lipinski definition) is 2. The standard InChI is InChI=1S/C13H21NO3/c1-9(2)8-10(3)11(15)14-13(12(16)17)6-4-5-7-13/h10H,1,4-8H2,2-3H3,(H,14,15)(H,16,17). The van der Waals surface area contributed by atoms with E-state index in [0.717, 1.165) is 18.4 Å². The minimum atomic E-state index is -1.03. The van der Waals surface area contributed by atoms with E-state index in [1.54, 1.807) is 6.92 Å². The number of carbonyl (C=O) groups excluding carboxylic acids is 1. The van der Waals surface area contributed by atoms with Crippen LogP contribution >= 0.6 is 0 Å². The third-order valence-electron chi connectivity index (χ3n) is 3.33. The van der Waals surface area contributed by atoms with Crippen LogP contribution in [0.25, 0.3) is 0 Å². The molecule has 0 saturated heterocycles. The van der Waals surface area contributed by atoms with Crippen LogP contribution in [0, 0.1) is 5.92 Å². The molecule has 0 aliphatic heterocycles. The van der Waals surface area contributed by atoms with Crippen LogP contribution in [0.1, 0.15) is 46.0 Å². The Morgan fingerprint density at radius 3 is 2.35 bits per heavy atom. The van der Waals surface area contributed by atoms with Crippen molar-refractivity contribution in [2.75, 3.05) is 0 Å². The van der Waals surface area contributed by atoms with Crippen LogP contribution in [-0.4, -0.2) is 22.5 Å². The van der Waals surface area contributed by atoms with Gasteiger partial charge in [0.05, 0.1) is 0 Å². The largest absolute Gasteiger partial charge is 0.480 e. The van der Waals surface area contributed by atoms with Gasteiger partial charge in [0.25, 0.3) is 0 Å². The smallest absolute Gasteiger partial charge is 0.329 e. The first-order valence-electron chi connectivity index (χ1n) is 6.07. The van der Waals surface area contributed by atoms with Crippen LogP contribution in [0.4, 0.5) is 0 Å². The second-order valence-electron chi connectivity index (χ2n) is 5.15. The molecule has 0 heterocycles. The summed E-state index contributed by atoms with van der Waals surface area (Å²) in [6.07, 6.45) is 3.39. The summed E-state index contributed by atoms with van der Waals surface area (Å²) in [5.74, 6) is -1.31. The van der Waals surface area contributed by atoms with Crippen molar-refractivity contribution >= 4 is 11.9 Å². The number of rotatable bonds is 5. The van der Waals surface area contributed by atoms with E-state index in [-0.39, 0.29) is 11.8 Å². The number of carbonyl (C=O) groups is 2. The zero-order valence-corrected chi connectivity index (χ0v) is 10.6. The van der Waals surface area contributed by atoms with Gasteiger partial charge in [-0.1, -0.05) is 25.3 Å². The molecule has 1 fully saturated rings. The molecular formula is C13H21NO3. The monoisotopic (exact) mass is 239 g/mol. The molecule has 1 aliphatic carbocycles. The Kier molecular flexibility index (Phi) is 4.32. The van der Waals surface area contributed by atoms with E-state index in [2.05, 4.69) is 11.9 Å². The zero-order chi connectivity index (χ0) is 13.1. The molecule has 4 heteroatoms. The molecule has 96 valence electrons. The maximum atomic E-state index is 11.9. The summed E-state index contributed by atoms with van der Waals surface area (Å²) in [4.78, 5) is 23.2. The predicted octanol–water partition coefficient (Wildman–Crippen LogP) is 2.10. The second kappa shape index (κ2) is 5.34. The minimum absolute atomic E-state index is 0.183. The quantitative estimate of drug-likeness (QED) is 0.722. The summed E-state index contributed by atoms with van der Waals surface area (Å²) < 4.78 is 0. The summed E-state index contributed by atoms with van der Waals surface area (Å²) in [6, 6.07) is 0. The SMILES string of the molecule is C=C(C)CC(C)C(=O)NC1(C(=O)O)CCCC1. The van der Waals surface area contributed by atoms with Gasteiger partial charge < -0.3 is 10.4 Å². The molecule has 1 atom stereocenters. The molecule has 1 saturated carbocycles. The highest BCUT2D eigenvalue weighted by Gasteiger charge is 2.43. The Balaban J connectivity index is 2.65. The summed E-state index contributed by atoms with van der Waals surface area (Å²) >= 11 is 0. The maximum Gasteiger partial charge on any atom is 0.329 e. The Morgan fingerprint density at radius 1 is 1.41 bits per heavy atom. The fraction of sp³-hybridized carbons (Fsp3) is 0.692. The molecule has 0 aromatic carbocycles. The summed E-state index contributed by atoms with van der Waals surface area (Å²) in [7, 11) is 0. The van der Waals surface area contributed by atoms with E-state index < -0.39 is 11.5 Å². The molecule has 0 spiro atoms. The summed E-state index contributed by atoms with van der Waals surface area (Å²) in [6.45, 7) is 7.43. The first kappa shape index (κ1) is 13.7. The van der Waals surface area contributed by atoms with Gasteiger partial charge in [-0.25, -0.2) is 4.79 Å². The minimum Gasteiger partial charge on any atom is -0.480 e. The lowest BCUT2D eigenvalue weighted by Crippen LogP contribution is -2.53. The molecule has 1 amide bonds. The van der Waals surface area contributed by atoms with Gasteiger partial charge in [-0.2, -0.15) is 0 Å². The molecule has 1 rings (SSSR count). The molecule has 0 bridgehead atoms. The number of carboxylic acid groups (broad SMARTS) is 1. The fourth-order valence-electron chi connectivity index (χ4n) is 2.35. The van der Waals surface area contributed by atoms with E-state index in [4.69, 9.17) is 0 Å². The van der Waals surface area contributed by atoms with Crippen molar-refractivity contribution in [3.63, 3.8) is 0 Å². The van der Waals surface area contributed by atoms with Crippen LogP contribution in [0.5, 0.6) is 0 Å². The molecule has 17 heavy (non-hydrogen) atoms. The van der Waals surface area contributed by atoms with E-state index in [9.17, 15) is 14.7 Å². The number of hydrogen-bond acceptors (Lipinski definition) is 2. The van der Waals surface area contributed by atoms with Gasteiger partial charge in [0.15, 0.2) is 0 Å². The Hall–Kier alpha value is -1.32. The maximum absolute atomic E-state index is 11.9. The normalized spacial score (nSPS) is 19.6. The van der Waals surface area contributed by atoms with Crippen LogP contribution in [-0.2, 0) is 9.59 Å². The number of amides is 1. The first-order valence-corrected chi connectivity index (χ1v) is 6.07. The third kappa shape index (κ3) is 3.32. The number of nitrogens with one attached hydrogen (secondary N) is 1. The zero-order valence-electron chi connectivity index (χ0n) is 10.6. The van der Waals surface area contributed by atoms with E-state index in [1.807, 2.05) is 6.92 Å². The van der Waals surface area contributed by atoms with E-state index >= 15 is 0 Å². The Labute approximate surface area is 102 Å². The highest BCUT2D eigenvalue weighted by Crippen LogP contribution is 2.30. The lowest BCUT2D eigenvalue weighted by atomic mass is 9.95. The van der Waals surface area contributed by atoms with Crippen LogP contribution in [0.3, 0.4) is 0 Å². The van der Waals surface area contributed by atoms with E-state index in [1.165, 1.54) is 0 Å². The van der Waals surface area contributed by atoms with Crippen molar-refractivity contribution in [1.29, 1.82) is 0 Å². The van der Waals surface area contributed by atoms with Crippen molar-refractivity contribution in [3.05, 3.63) is 12.2 Å². The average molecular weight is 239 g/mol. The Morgan fingerprint density at radius 2 is 1.94 bits per heavy atom. The molecule has 0 aromatic heterocycles. The third-order valence-corrected chi connectivity index (χ3v) is 3.33. The van der Waals surface area contributed by atoms with E-state index in [0.29, 0.717) is 19.3 Å². The molecule has 0 radical (unpaired) electrons. The Bertz CT molecular complexity index is 330. The second-order valence-corrected chi connectivity index (χ2v) is 5.15. The molecule has 0 aromatic rings. The molecule has 4 nitrogen and oxygen atoms in total. The lowest BCUT2D eigenvalue weighted by molar-refractivity contribution is -0.148. The topological polar surface area (TPSA) is 66.4 Å². The first-order chi connectivity index (χ1) is 7.87. The number of aliphatic carboxylic acids is 1. The molecule has 1 aliphatic rings. The summed E-state index contributed by atoms with van der Waals surface area (Å²) in [5.41, 5.74) is -0.0936. The lowest BCUT2D eigenvalue weighted by Gasteiger charge is -2.27. The fourth-order valence-corrected chi connectivity index (χ4v) is 2.35. The van der Waals surface area contributed by atoms with Crippen molar-refractivity contribution in [2.24, 2.45) is 5.92 Å². The molecular weight excluding hydrogens is 218 g/mol. The van der Waals surface area contributed by atoms with Gasteiger partial charge in [-0.05, 0) is 26.2 Å². The van der Waals surface area contributed by atoms with Gasteiger partial charge in [-0.15, -0.1) is 6.58 Å². The van der Waals surface area contributed by atoms with Gasteiger partial charge in [0.2, 0.25) is 5.91 Å². The number of allylic oxidation sites excluding steroid dienone is 1. The molecule has 2 N–H and O–H groups in total. The van der Waals surface area contributed by atoms with Crippen molar-refractivity contribution in [2.45, 2.75) is 51.5 Å². The van der Waals surface area contributed by atoms with Crippen LogP contribution in [0.2, 0.25) is 0 Å². The van der Waals surface area contributed by atoms with Crippen LogP contribution < -0.4 is 5.32 Å². The van der Waals surface area contributed by atoms with Gasteiger partial charge in [0.1, 0.15) is 5.54 Å². The highest BCUT2D eigenvalue weighted by molar-refractivity contribution is 5.88. The van der Waals surface area contributed by atoms with Gasteiger partial charge in [0, 0.05) is 5.92 Å². The average Bonchev–Trinajstić information content (AvgIpc) is 2.66. The molecule has 1 unspecified atom stereocenters. The van der Waals surface area contributed by atoms with Gasteiger partial charge in [-0.3, -0.25) is 4.79 Å². The van der Waals surface area contributed by atoms with Gasteiger partial charge >= 0.3 is 5.97 Å². The van der Waals surface area contributed by atoms with Crippen molar-refractivity contribution < 1.29 is 14.7 Å². The number of carboxylic acids is 1. The van der Waals surface area contributed by atoms with Crippen LogP contribution in [0.15, 0.2) is 12.2 Å². The highest BCUT2D eigenvalue weighted by atomic mass is 16.4. The predicted molar refractivity (Wildman–Crippen MR) is 65.6 cm³/mol. The van der Waals surface area contributed by atoms with Crippen molar-refractivity contribution in [3.8, 4) is 0 Å².